The van der Waals surface area contributed by atoms with Gasteiger partial charge in [0.05, 0.1) is 4.90 Å². The predicted molar refractivity (Wildman–Crippen MR) is 118 cm³/mol. The Bertz CT molecular complexity index is 1190. The molecule has 1 saturated carbocycles. The molecule has 1 fully saturated rings. The highest BCUT2D eigenvalue weighted by atomic mass is 32.2. The van der Waals surface area contributed by atoms with E-state index in [-0.39, 0.29) is 22.9 Å². The zero-order valence-corrected chi connectivity index (χ0v) is 18.8. The Labute approximate surface area is 187 Å². The maximum absolute atomic E-state index is 12.9. The first-order valence-electron chi connectivity index (χ1n) is 10.6. The van der Waals surface area contributed by atoms with Gasteiger partial charge in [0.2, 0.25) is 15.9 Å². The van der Waals surface area contributed by atoms with Crippen molar-refractivity contribution in [3.63, 3.8) is 0 Å². The van der Waals surface area contributed by atoms with Crippen molar-refractivity contribution in [1.29, 1.82) is 0 Å². The van der Waals surface area contributed by atoms with E-state index in [4.69, 9.17) is 4.52 Å². The predicted octanol–water partition coefficient (Wildman–Crippen LogP) is 3.55. The Hall–Kier alpha value is -3.04. The fraction of sp³-hybridized carbons (Fsp3) is 0.348. The summed E-state index contributed by atoms with van der Waals surface area (Å²) in [5, 5.41) is 6.94. The minimum Gasteiger partial charge on any atom is -0.340 e. The fourth-order valence-corrected chi connectivity index (χ4v) is 4.34. The van der Waals surface area contributed by atoms with Crippen LogP contribution in [0.5, 0.6) is 0 Å². The minimum absolute atomic E-state index is 0.00547. The van der Waals surface area contributed by atoms with Crippen LogP contribution < -0.4 is 10.0 Å². The number of nitrogens with one attached hydrogen (secondary N) is 2. The summed E-state index contributed by atoms with van der Waals surface area (Å²) in [6.45, 7) is 4.05. The number of carbonyl (C=O) groups is 1. The van der Waals surface area contributed by atoms with Crippen LogP contribution in [0, 0.1) is 5.92 Å². The van der Waals surface area contributed by atoms with Gasteiger partial charge < -0.3 is 9.84 Å². The van der Waals surface area contributed by atoms with Crippen LogP contribution >= 0.6 is 0 Å². The Morgan fingerprint density at radius 2 is 1.88 bits per heavy atom. The van der Waals surface area contributed by atoms with E-state index in [0.717, 1.165) is 18.4 Å². The lowest BCUT2D eigenvalue weighted by Crippen LogP contribution is -2.32. The number of amides is 1. The Balaban J connectivity index is 1.47. The van der Waals surface area contributed by atoms with Gasteiger partial charge in [0.15, 0.2) is 5.82 Å². The van der Waals surface area contributed by atoms with Crippen LogP contribution in [0.2, 0.25) is 0 Å². The molecular formula is C23H26N4O4S. The van der Waals surface area contributed by atoms with Crippen molar-refractivity contribution in [2.24, 2.45) is 5.92 Å². The molecule has 168 valence electrons. The summed E-state index contributed by atoms with van der Waals surface area (Å²) in [4.78, 5) is 17.4. The SMILES string of the molecule is CC(C)C(NC(=O)c1cccc(S(=O)(=O)NCc2ccccc2)c1)c1nc(C2CC2)no1. The number of nitrogens with zero attached hydrogens (tertiary/aromatic N) is 2. The van der Waals surface area contributed by atoms with Crippen LogP contribution in [-0.2, 0) is 16.6 Å². The first kappa shape index (κ1) is 22.2. The molecule has 2 N–H and O–H groups in total. The van der Waals surface area contributed by atoms with Crippen LogP contribution in [0.1, 0.15) is 66.3 Å². The first-order valence-corrected chi connectivity index (χ1v) is 12.1. The molecule has 9 heteroatoms. The molecule has 1 atom stereocenters. The molecule has 3 aromatic rings. The Morgan fingerprint density at radius 1 is 1.12 bits per heavy atom. The highest BCUT2D eigenvalue weighted by Gasteiger charge is 2.32. The van der Waals surface area contributed by atoms with Crippen molar-refractivity contribution >= 4 is 15.9 Å². The molecule has 8 nitrogen and oxygen atoms in total. The zero-order chi connectivity index (χ0) is 22.7. The normalized spacial score (nSPS) is 15.0. The van der Waals surface area contributed by atoms with Crippen molar-refractivity contribution in [3.8, 4) is 0 Å². The van der Waals surface area contributed by atoms with Gasteiger partial charge in [-0.05, 0) is 42.5 Å². The maximum Gasteiger partial charge on any atom is 0.251 e. The average Bonchev–Trinajstić information content (AvgIpc) is 3.54. The molecule has 0 spiro atoms. The van der Waals surface area contributed by atoms with Crippen molar-refractivity contribution in [2.45, 2.75) is 50.1 Å². The number of benzene rings is 2. The van der Waals surface area contributed by atoms with Gasteiger partial charge in [-0.25, -0.2) is 13.1 Å². The third kappa shape index (κ3) is 5.23. The first-order chi connectivity index (χ1) is 15.3. The molecule has 1 aliphatic rings. The van der Waals surface area contributed by atoms with Crippen LogP contribution in [-0.4, -0.2) is 24.5 Å². The summed E-state index contributed by atoms with van der Waals surface area (Å²) < 4.78 is 33.4. The van der Waals surface area contributed by atoms with Gasteiger partial charge in [0.25, 0.3) is 5.91 Å². The van der Waals surface area contributed by atoms with Gasteiger partial charge in [-0.2, -0.15) is 4.98 Å². The molecule has 0 bridgehead atoms. The highest BCUT2D eigenvalue weighted by molar-refractivity contribution is 7.89. The molecule has 1 heterocycles. The van der Waals surface area contributed by atoms with E-state index in [1.54, 1.807) is 12.1 Å². The number of hydrogen-bond acceptors (Lipinski definition) is 6. The van der Waals surface area contributed by atoms with E-state index in [0.29, 0.717) is 17.6 Å². The molecule has 1 aromatic heterocycles. The second kappa shape index (κ2) is 9.22. The van der Waals surface area contributed by atoms with Gasteiger partial charge >= 0.3 is 0 Å². The monoisotopic (exact) mass is 454 g/mol. The lowest BCUT2D eigenvalue weighted by atomic mass is 10.0. The molecule has 2 aromatic carbocycles. The van der Waals surface area contributed by atoms with Crippen LogP contribution in [0.3, 0.4) is 0 Å². The van der Waals surface area contributed by atoms with Gasteiger partial charge in [-0.3, -0.25) is 4.79 Å². The number of sulfonamides is 1. The lowest BCUT2D eigenvalue weighted by molar-refractivity contribution is 0.0913. The van der Waals surface area contributed by atoms with Crippen LogP contribution in [0.25, 0.3) is 0 Å². The van der Waals surface area contributed by atoms with Crippen molar-refractivity contribution in [3.05, 3.63) is 77.4 Å². The highest BCUT2D eigenvalue weighted by Crippen LogP contribution is 2.38. The van der Waals surface area contributed by atoms with Crippen LogP contribution in [0.15, 0.2) is 64.0 Å². The average molecular weight is 455 g/mol. The van der Waals surface area contributed by atoms with E-state index < -0.39 is 22.0 Å². The van der Waals surface area contributed by atoms with Gasteiger partial charge in [-0.15, -0.1) is 0 Å². The summed E-state index contributed by atoms with van der Waals surface area (Å²) in [6.07, 6.45) is 2.11. The summed E-state index contributed by atoms with van der Waals surface area (Å²) in [5.74, 6) is 0.989. The molecule has 0 radical (unpaired) electrons. The second-order valence-electron chi connectivity index (χ2n) is 8.30. The second-order valence-corrected chi connectivity index (χ2v) is 10.1. The number of aromatic nitrogens is 2. The largest absolute Gasteiger partial charge is 0.340 e. The molecule has 4 rings (SSSR count). The molecule has 0 aliphatic heterocycles. The van der Waals surface area contributed by atoms with Crippen molar-refractivity contribution in [2.75, 3.05) is 0 Å². The quantitative estimate of drug-likeness (QED) is 0.511. The van der Waals surface area contributed by atoms with E-state index in [1.165, 1.54) is 12.1 Å². The number of carbonyl (C=O) groups excluding carboxylic acids is 1. The zero-order valence-electron chi connectivity index (χ0n) is 18.0. The molecule has 1 aliphatic carbocycles. The van der Waals surface area contributed by atoms with E-state index >= 15 is 0 Å². The summed E-state index contributed by atoms with van der Waals surface area (Å²) >= 11 is 0. The minimum atomic E-state index is -3.78. The number of hydrogen-bond donors (Lipinski definition) is 2. The van der Waals surface area contributed by atoms with E-state index in [1.807, 2.05) is 44.2 Å². The van der Waals surface area contributed by atoms with Gasteiger partial charge in [0, 0.05) is 18.0 Å². The Morgan fingerprint density at radius 3 is 2.56 bits per heavy atom. The summed E-state index contributed by atoms with van der Waals surface area (Å²) in [5.41, 5.74) is 1.08. The third-order valence-corrected chi connectivity index (χ3v) is 6.73. The Kier molecular flexibility index (Phi) is 6.38. The molecule has 0 saturated heterocycles. The summed E-state index contributed by atoms with van der Waals surface area (Å²) in [6, 6.07) is 14.7. The van der Waals surface area contributed by atoms with E-state index in [9.17, 15) is 13.2 Å². The standard InChI is InChI=1S/C23H26N4O4S/c1-15(2)20(23-26-21(27-31-23)17-11-12-17)25-22(28)18-9-6-10-19(13-18)32(29,30)24-14-16-7-4-3-5-8-16/h3-10,13,15,17,20,24H,11-12,14H2,1-2H3,(H,25,28). The molecule has 1 amide bonds. The smallest absolute Gasteiger partial charge is 0.251 e. The number of rotatable bonds is 9. The van der Waals surface area contributed by atoms with Gasteiger partial charge in [0.1, 0.15) is 6.04 Å². The lowest BCUT2D eigenvalue weighted by Gasteiger charge is -2.18. The van der Waals surface area contributed by atoms with Crippen molar-refractivity contribution in [1.82, 2.24) is 20.2 Å². The molecule has 32 heavy (non-hydrogen) atoms. The van der Waals surface area contributed by atoms with Gasteiger partial charge in [-0.1, -0.05) is 55.4 Å². The maximum atomic E-state index is 12.9. The topological polar surface area (TPSA) is 114 Å². The van der Waals surface area contributed by atoms with Crippen molar-refractivity contribution < 1.29 is 17.7 Å². The molecular weight excluding hydrogens is 428 g/mol. The van der Waals surface area contributed by atoms with E-state index in [2.05, 4.69) is 20.2 Å². The van der Waals surface area contributed by atoms with Crippen LogP contribution in [0.4, 0.5) is 0 Å². The molecule has 1 unspecified atom stereocenters. The summed E-state index contributed by atoms with van der Waals surface area (Å²) in [7, 11) is -3.78. The fourth-order valence-electron chi connectivity index (χ4n) is 3.28. The third-order valence-electron chi connectivity index (χ3n) is 5.33.